The minimum atomic E-state index is -0.208. The van der Waals surface area contributed by atoms with E-state index in [-0.39, 0.29) is 11.8 Å². The van der Waals surface area contributed by atoms with Crippen LogP contribution in [0.1, 0.15) is 35.7 Å². The number of carbonyl (C=O) groups is 2. The molecule has 0 heterocycles. The van der Waals surface area contributed by atoms with E-state index in [1.54, 1.807) is 30.3 Å². The normalized spacial score (nSPS) is 10.3. The van der Waals surface area contributed by atoms with E-state index in [1.807, 2.05) is 26.0 Å². The lowest BCUT2D eigenvalue weighted by molar-refractivity contribution is -0.116. The van der Waals surface area contributed by atoms with Crippen molar-refractivity contribution in [3.63, 3.8) is 0 Å². The highest BCUT2D eigenvalue weighted by molar-refractivity contribution is 6.31. The fourth-order valence-electron chi connectivity index (χ4n) is 2.44. The zero-order valence-electron chi connectivity index (χ0n) is 15.0. The molecule has 138 valence electrons. The third kappa shape index (κ3) is 5.49. The number of hydrogen-bond donors (Lipinski definition) is 2. The molecular formula is C20H23ClN2O3. The minimum absolute atomic E-state index is 0.112. The van der Waals surface area contributed by atoms with Crippen molar-refractivity contribution < 1.29 is 14.3 Å². The van der Waals surface area contributed by atoms with E-state index in [1.165, 1.54) is 0 Å². The molecule has 2 aromatic carbocycles. The van der Waals surface area contributed by atoms with Gasteiger partial charge in [0.2, 0.25) is 5.91 Å². The lowest BCUT2D eigenvalue weighted by Gasteiger charge is -2.11. The molecule has 2 N–H and O–H groups in total. The van der Waals surface area contributed by atoms with Crippen LogP contribution in [-0.2, 0) is 4.79 Å². The number of anilines is 1. The van der Waals surface area contributed by atoms with Gasteiger partial charge in [-0.2, -0.15) is 0 Å². The van der Waals surface area contributed by atoms with Crippen LogP contribution < -0.4 is 15.4 Å². The molecule has 0 spiro atoms. The quantitative estimate of drug-likeness (QED) is 0.680. The summed E-state index contributed by atoms with van der Waals surface area (Å²) in [6, 6.07) is 12.5. The Bertz CT molecular complexity index is 777. The van der Waals surface area contributed by atoms with Crippen LogP contribution in [0.2, 0.25) is 5.02 Å². The molecule has 0 aliphatic heterocycles. The fourth-order valence-corrected chi connectivity index (χ4v) is 2.61. The van der Waals surface area contributed by atoms with Crippen LogP contribution in [0.5, 0.6) is 5.75 Å². The number of hydrogen-bond acceptors (Lipinski definition) is 3. The second-order valence-electron chi connectivity index (χ2n) is 5.75. The number of benzene rings is 2. The van der Waals surface area contributed by atoms with Gasteiger partial charge in [-0.1, -0.05) is 29.8 Å². The molecule has 0 aliphatic carbocycles. The summed E-state index contributed by atoms with van der Waals surface area (Å²) < 4.78 is 5.45. The smallest absolute Gasteiger partial charge is 0.255 e. The summed E-state index contributed by atoms with van der Waals surface area (Å²) in [5.74, 6) is 0.237. The summed E-state index contributed by atoms with van der Waals surface area (Å²) in [5.41, 5.74) is 2.04. The third-order valence-corrected chi connectivity index (χ3v) is 4.25. The van der Waals surface area contributed by atoms with Crippen molar-refractivity contribution in [1.82, 2.24) is 5.32 Å². The first-order valence-electron chi connectivity index (χ1n) is 8.58. The summed E-state index contributed by atoms with van der Waals surface area (Å²) in [4.78, 5) is 24.3. The molecule has 5 nitrogen and oxygen atoms in total. The van der Waals surface area contributed by atoms with E-state index in [2.05, 4.69) is 10.6 Å². The van der Waals surface area contributed by atoms with Crippen LogP contribution in [0.15, 0.2) is 42.5 Å². The molecule has 0 radical (unpaired) electrons. The van der Waals surface area contributed by atoms with Gasteiger partial charge in [0, 0.05) is 23.7 Å². The van der Waals surface area contributed by atoms with Gasteiger partial charge in [0.1, 0.15) is 5.75 Å². The number of carbonyl (C=O) groups excluding carboxylic acids is 2. The molecule has 0 unspecified atom stereocenters. The van der Waals surface area contributed by atoms with Gasteiger partial charge in [0.25, 0.3) is 5.91 Å². The zero-order chi connectivity index (χ0) is 18.9. The summed E-state index contributed by atoms with van der Waals surface area (Å²) in [6.45, 7) is 4.62. The van der Waals surface area contributed by atoms with Crippen LogP contribution in [0.3, 0.4) is 0 Å². The molecule has 0 bridgehead atoms. The van der Waals surface area contributed by atoms with Crippen molar-refractivity contribution in [3.8, 4) is 5.75 Å². The average molecular weight is 375 g/mol. The molecule has 2 aromatic rings. The largest absolute Gasteiger partial charge is 0.493 e. The van der Waals surface area contributed by atoms with Crippen molar-refractivity contribution >= 4 is 29.1 Å². The summed E-state index contributed by atoms with van der Waals surface area (Å²) >= 11 is 6.04. The number of ether oxygens (including phenoxy) is 1. The molecule has 6 heteroatoms. The standard InChI is InChI=1S/C20H23ClN2O3/c1-3-26-18-11-5-4-8-15(18)20(25)22-13-7-12-19(24)23-17-10-6-9-16(21)14(17)2/h4-6,8-11H,3,7,12-13H2,1-2H3,(H,22,25)(H,23,24). The van der Waals surface area contributed by atoms with E-state index >= 15 is 0 Å². The zero-order valence-corrected chi connectivity index (χ0v) is 15.7. The Morgan fingerprint density at radius 2 is 1.88 bits per heavy atom. The molecule has 2 rings (SSSR count). The van der Waals surface area contributed by atoms with Crippen LogP contribution >= 0.6 is 11.6 Å². The topological polar surface area (TPSA) is 67.4 Å². The first kappa shape index (κ1) is 19.8. The molecule has 0 fully saturated rings. The molecular weight excluding hydrogens is 352 g/mol. The molecule has 2 amide bonds. The van der Waals surface area contributed by atoms with E-state index in [0.717, 1.165) is 5.56 Å². The van der Waals surface area contributed by atoms with Gasteiger partial charge in [-0.25, -0.2) is 0 Å². The van der Waals surface area contributed by atoms with Crippen molar-refractivity contribution in [2.24, 2.45) is 0 Å². The van der Waals surface area contributed by atoms with Gasteiger partial charge in [0.15, 0.2) is 0 Å². The lowest BCUT2D eigenvalue weighted by atomic mass is 10.1. The third-order valence-electron chi connectivity index (χ3n) is 3.84. The number of amides is 2. The summed E-state index contributed by atoms with van der Waals surface area (Å²) in [5, 5.41) is 6.27. The van der Waals surface area contributed by atoms with Gasteiger partial charge >= 0.3 is 0 Å². The number of halogens is 1. The Hall–Kier alpha value is -2.53. The molecule has 0 aromatic heterocycles. The highest BCUT2D eigenvalue weighted by Gasteiger charge is 2.12. The van der Waals surface area contributed by atoms with E-state index < -0.39 is 0 Å². The van der Waals surface area contributed by atoms with Gasteiger partial charge in [-0.3, -0.25) is 9.59 Å². The Morgan fingerprint density at radius 3 is 2.65 bits per heavy atom. The van der Waals surface area contributed by atoms with Crippen LogP contribution in [0.4, 0.5) is 5.69 Å². The fraction of sp³-hybridized carbons (Fsp3) is 0.300. The first-order valence-corrected chi connectivity index (χ1v) is 8.95. The number of para-hydroxylation sites is 1. The molecule has 0 saturated carbocycles. The van der Waals surface area contributed by atoms with Crippen LogP contribution in [0, 0.1) is 6.92 Å². The van der Waals surface area contributed by atoms with E-state index in [9.17, 15) is 9.59 Å². The second kappa shape index (κ2) is 9.82. The highest BCUT2D eigenvalue weighted by Crippen LogP contribution is 2.23. The van der Waals surface area contributed by atoms with Crippen LogP contribution in [-0.4, -0.2) is 25.0 Å². The maximum absolute atomic E-state index is 12.3. The van der Waals surface area contributed by atoms with Gasteiger partial charge in [-0.15, -0.1) is 0 Å². The average Bonchev–Trinajstić information content (AvgIpc) is 2.63. The summed E-state index contributed by atoms with van der Waals surface area (Å²) in [6.07, 6.45) is 0.841. The monoisotopic (exact) mass is 374 g/mol. The predicted molar refractivity (Wildman–Crippen MR) is 104 cm³/mol. The molecule has 26 heavy (non-hydrogen) atoms. The molecule has 0 aliphatic rings. The second-order valence-corrected chi connectivity index (χ2v) is 6.16. The lowest BCUT2D eigenvalue weighted by Crippen LogP contribution is -2.26. The van der Waals surface area contributed by atoms with E-state index in [0.29, 0.717) is 48.0 Å². The van der Waals surface area contributed by atoms with Crippen LogP contribution in [0.25, 0.3) is 0 Å². The summed E-state index contributed by atoms with van der Waals surface area (Å²) in [7, 11) is 0. The van der Waals surface area contributed by atoms with Crippen molar-refractivity contribution in [2.75, 3.05) is 18.5 Å². The number of rotatable bonds is 8. The Kier molecular flexibility index (Phi) is 7.48. The van der Waals surface area contributed by atoms with Crippen molar-refractivity contribution in [3.05, 3.63) is 58.6 Å². The molecule has 0 saturated heterocycles. The maximum Gasteiger partial charge on any atom is 0.255 e. The Morgan fingerprint density at radius 1 is 1.12 bits per heavy atom. The number of nitrogens with one attached hydrogen (secondary N) is 2. The maximum atomic E-state index is 12.3. The molecule has 0 atom stereocenters. The first-order chi connectivity index (χ1) is 12.5. The highest BCUT2D eigenvalue weighted by atomic mass is 35.5. The van der Waals surface area contributed by atoms with Crippen molar-refractivity contribution in [1.29, 1.82) is 0 Å². The Labute approximate surface area is 158 Å². The van der Waals surface area contributed by atoms with E-state index in [4.69, 9.17) is 16.3 Å². The van der Waals surface area contributed by atoms with Gasteiger partial charge in [-0.05, 0) is 50.1 Å². The van der Waals surface area contributed by atoms with Crippen molar-refractivity contribution in [2.45, 2.75) is 26.7 Å². The van der Waals surface area contributed by atoms with Gasteiger partial charge < -0.3 is 15.4 Å². The Balaban J connectivity index is 1.79. The predicted octanol–water partition coefficient (Wildman–Crippen LogP) is 4.20. The minimum Gasteiger partial charge on any atom is -0.493 e. The SMILES string of the molecule is CCOc1ccccc1C(=O)NCCCC(=O)Nc1cccc(Cl)c1C. The van der Waals surface area contributed by atoms with Gasteiger partial charge in [0.05, 0.1) is 12.2 Å².